The standard InChI is InChI=1S/C25H22ClO5P/c27-20-21-16-18-25(19-17-21)32(31-26(28,29)30,22-10-4-1-5-11-22,23-12-6-2-7-13-23)24-14-8-3-9-15-24/h1-19,27H,20H2. The Kier molecular flexibility index (Phi) is 6.17. The fourth-order valence-corrected chi connectivity index (χ4v) is 11.6. The topological polar surface area (TPSA) is 98.6 Å². The molecule has 0 spiro atoms. The van der Waals surface area contributed by atoms with Crippen molar-refractivity contribution in [3.8, 4) is 0 Å². The van der Waals surface area contributed by atoms with Gasteiger partial charge in [0.2, 0.25) is 0 Å². The van der Waals surface area contributed by atoms with Crippen molar-refractivity contribution in [3.05, 3.63) is 121 Å². The number of aliphatic hydroxyl groups excluding tert-OH is 1. The van der Waals surface area contributed by atoms with E-state index in [0.29, 0.717) is 26.8 Å². The third kappa shape index (κ3) is 3.64. The van der Waals surface area contributed by atoms with Crippen molar-refractivity contribution in [1.82, 2.24) is 0 Å². The normalized spacial score (nSPS) is 13.3. The maximum atomic E-state index is 12.5. The molecule has 4 aromatic carbocycles. The Labute approximate surface area is 188 Å². The van der Waals surface area contributed by atoms with Crippen LogP contribution in [0.4, 0.5) is 0 Å². The van der Waals surface area contributed by atoms with Crippen molar-refractivity contribution in [2.75, 3.05) is 0 Å². The van der Waals surface area contributed by atoms with Crippen LogP contribution in [0.5, 0.6) is 0 Å². The monoisotopic (exact) mass is 468 g/mol. The summed E-state index contributed by atoms with van der Waals surface area (Å²) in [7, 11) is -4.86. The second kappa shape index (κ2) is 8.74. The van der Waals surface area contributed by atoms with Crippen LogP contribution in [0.1, 0.15) is 5.56 Å². The van der Waals surface area contributed by atoms with E-state index < -0.39 is 17.1 Å². The number of rotatable bonds is 7. The Morgan fingerprint density at radius 2 is 0.906 bits per heavy atom. The van der Waals surface area contributed by atoms with Crippen molar-refractivity contribution in [3.63, 3.8) is 0 Å². The number of benzene rings is 4. The summed E-state index contributed by atoms with van der Waals surface area (Å²) in [6.45, 7) is -4.71. The van der Waals surface area contributed by atoms with Crippen molar-refractivity contribution in [1.29, 1.82) is 0 Å². The van der Waals surface area contributed by atoms with Crippen LogP contribution in [0.25, 0.3) is 0 Å². The van der Waals surface area contributed by atoms with Gasteiger partial charge in [-0.2, -0.15) is 0 Å². The number of aliphatic hydroxyl groups is 1. The molecular formula is C25H22ClO5P. The molecule has 32 heavy (non-hydrogen) atoms. The van der Waals surface area contributed by atoms with Crippen LogP contribution in [0.3, 0.4) is 0 Å². The molecule has 0 atom stereocenters. The first-order valence-corrected chi connectivity index (χ1v) is 13.3. The van der Waals surface area contributed by atoms with E-state index >= 15 is 0 Å². The molecule has 1 N–H and O–H groups in total. The number of hydrogen-bond donors (Lipinski definition) is 1. The molecule has 5 nitrogen and oxygen atoms in total. The van der Waals surface area contributed by atoms with E-state index in [0.717, 1.165) is 0 Å². The first-order valence-electron chi connectivity index (χ1n) is 9.92. The third-order valence-corrected chi connectivity index (χ3v) is 12.5. The van der Waals surface area contributed by atoms with E-state index in [1.165, 1.54) is 0 Å². The second-order valence-electron chi connectivity index (χ2n) is 7.31. The summed E-state index contributed by atoms with van der Waals surface area (Å²) in [4.78, 5) is 0. The zero-order valence-electron chi connectivity index (χ0n) is 17.1. The van der Waals surface area contributed by atoms with E-state index in [4.69, 9.17) is 4.08 Å². The van der Waals surface area contributed by atoms with Crippen LogP contribution in [0.15, 0.2) is 115 Å². The summed E-state index contributed by atoms with van der Waals surface area (Å²) < 4.78 is 43.3. The van der Waals surface area contributed by atoms with Gasteiger partial charge in [0.15, 0.2) is 0 Å². The van der Waals surface area contributed by atoms with Crippen LogP contribution >= 0.6 is 6.83 Å². The maximum absolute atomic E-state index is 12.5. The molecular weight excluding hydrogens is 447 g/mol. The van der Waals surface area contributed by atoms with Gasteiger partial charge in [0.25, 0.3) is 0 Å². The molecule has 7 heteroatoms. The minimum atomic E-state index is -4.86. The average molecular weight is 469 g/mol. The van der Waals surface area contributed by atoms with Gasteiger partial charge in [-0.05, 0) is 0 Å². The van der Waals surface area contributed by atoms with Gasteiger partial charge in [-0.15, -0.1) is 0 Å². The third-order valence-electron chi connectivity index (χ3n) is 5.58. The van der Waals surface area contributed by atoms with Crippen LogP contribution in [0.2, 0.25) is 0 Å². The Morgan fingerprint density at radius 3 is 1.22 bits per heavy atom. The fraction of sp³-hybridized carbons (Fsp3) is 0.0400. The molecule has 0 saturated heterocycles. The second-order valence-corrected chi connectivity index (χ2v) is 12.8. The molecule has 0 aliphatic heterocycles. The SMILES string of the molecule is [O-][Cl+3]([O-])([O-])OP(c1ccccc1)(c1ccccc1)(c1ccccc1)c1ccc(CO)cc1. The predicted molar refractivity (Wildman–Crippen MR) is 118 cm³/mol. The van der Waals surface area contributed by atoms with Gasteiger partial charge in [0.1, 0.15) is 0 Å². The van der Waals surface area contributed by atoms with Crippen LogP contribution < -0.4 is 35.2 Å². The van der Waals surface area contributed by atoms with E-state index in [9.17, 15) is 19.1 Å². The zero-order valence-corrected chi connectivity index (χ0v) is 18.7. The van der Waals surface area contributed by atoms with E-state index in [2.05, 4.69) is 0 Å². The van der Waals surface area contributed by atoms with Gasteiger partial charge >= 0.3 is 189 Å². The van der Waals surface area contributed by atoms with Crippen molar-refractivity contribution in [2.45, 2.75) is 6.61 Å². The Morgan fingerprint density at radius 1 is 0.562 bits per heavy atom. The van der Waals surface area contributed by atoms with E-state index in [-0.39, 0.29) is 6.61 Å². The Hall–Kier alpha value is -2.60. The molecule has 164 valence electrons. The van der Waals surface area contributed by atoms with Crippen molar-refractivity contribution < 1.29 is 33.4 Å². The van der Waals surface area contributed by atoms with Gasteiger partial charge in [-0.1, -0.05) is 0 Å². The summed E-state index contributed by atoms with van der Waals surface area (Å²) >= 11 is 0. The van der Waals surface area contributed by atoms with Gasteiger partial charge < -0.3 is 0 Å². The molecule has 0 bridgehead atoms. The zero-order chi connectivity index (χ0) is 22.7. The molecule has 0 saturated carbocycles. The molecule has 4 aromatic rings. The van der Waals surface area contributed by atoms with Gasteiger partial charge in [-0.25, -0.2) is 0 Å². The summed E-state index contributed by atoms with van der Waals surface area (Å²) in [5, 5.41) is 11.8. The van der Waals surface area contributed by atoms with Crippen LogP contribution in [-0.4, -0.2) is 5.11 Å². The number of halogens is 1. The van der Waals surface area contributed by atoms with E-state index in [1.807, 2.05) is 18.2 Å². The molecule has 0 heterocycles. The molecule has 4 rings (SSSR count). The summed E-state index contributed by atoms with van der Waals surface area (Å²) in [6.07, 6.45) is 0. The fourth-order valence-electron chi connectivity index (χ4n) is 4.25. The minimum absolute atomic E-state index is 0.169. The van der Waals surface area contributed by atoms with E-state index in [1.54, 1.807) is 97.1 Å². The van der Waals surface area contributed by atoms with Crippen molar-refractivity contribution >= 4 is 28.0 Å². The molecule has 0 aromatic heterocycles. The molecule has 0 unspecified atom stereocenters. The first kappa shape index (κ1) is 22.6. The molecule has 0 aliphatic rings. The Bertz CT molecular complexity index is 1060. The molecule has 0 amide bonds. The quantitative estimate of drug-likeness (QED) is 0.390. The van der Waals surface area contributed by atoms with Gasteiger partial charge in [-0.3, -0.25) is 0 Å². The summed E-state index contributed by atoms with van der Waals surface area (Å²) in [5.74, 6) is 0. The van der Waals surface area contributed by atoms with Crippen LogP contribution in [-0.2, 0) is 10.7 Å². The average Bonchev–Trinajstić information content (AvgIpc) is 2.84. The predicted octanol–water partition coefficient (Wildman–Crippen LogP) is 0.163. The molecule has 0 radical (unpaired) electrons. The summed E-state index contributed by atoms with van der Waals surface area (Å²) in [5.41, 5.74) is 0.655. The van der Waals surface area contributed by atoms with Crippen LogP contribution in [0, 0.1) is 10.2 Å². The van der Waals surface area contributed by atoms with Crippen molar-refractivity contribution in [2.24, 2.45) is 0 Å². The number of hydrogen-bond acceptors (Lipinski definition) is 5. The summed E-state index contributed by atoms with van der Waals surface area (Å²) in [6, 6.07) is 33.9. The van der Waals surface area contributed by atoms with Gasteiger partial charge in [0, 0.05) is 0 Å². The molecule has 0 aliphatic carbocycles. The Balaban J connectivity index is 2.28. The first-order chi connectivity index (χ1) is 15.4. The molecule has 0 fully saturated rings. The van der Waals surface area contributed by atoms with Gasteiger partial charge in [0.05, 0.1) is 0 Å².